The monoisotopic (exact) mass is 290 g/mol. The van der Waals surface area contributed by atoms with Gasteiger partial charge >= 0.3 is 0 Å². The number of ether oxygens (including phenoxy) is 1. The summed E-state index contributed by atoms with van der Waals surface area (Å²) < 4.78 is 6.01. The van der Waals surface area contributed by atoms with Gasteiger partial charge in [-0.3, -0.25) is 0 Å². The largest absolute Gasteiger partial charge is 0.399 e. The van der Waals surface area contributed by atoms with E-state index in [1.165, 1.54) is 0 Å². The summed E-state index contributed by atoms with van der Waals surface area (Å²) in [6.07, 6.45) is 1.87. The SMILES string of the molecule is CCOC(CC)(CC)c1nc(-c2ccc(N)cc2)cs1. The Kier molecular flexibility index (Phi) is 4.78. The van der Waals surface area contributed by atoms with E-state index < -0.39 is 0 Å². The average Bonchev–Trinajstić information content (AvgIpc) is 2.96. The number of nitrogens with two attached hydrogens (primary N) is 1. The van der Waals surface area contributed by atoms with Gasteiger partial charge in [0, 0.05) is 23.2 Å². The Hall–Kier alpha value is -1.39. The molecule has 0 saturated heterocycles. The van der Waals surface area contributed by atoms with Gasteiger partial charge in [-0.1, -0.05) is 26.0 Å². The number of hydrogen-bond acceptors (Lipinski definition) is 4. The van der Waals surface area contributed by atoms with Crippen molar-refractivity contribution in [2.45, 2.75) is 39.2 Å². The van der Waals surface area contributed by atoms with Crippen LogP contribution in [-0.4, -0.2) is 11.6 Å². The molecule has 0 spiro atoms. The van der Waals surface area contributed by atoms with Crippen LogP contribution in [0.4, 0.5) is 5.69 Å². The summed E-state index contributed by atoms with van der Waals surface area (Å²) >= 11 is 1.68. The Morgan fingerprint density at radius 2 is 1.80 bits per heavy atom. The molecule has 2 rings (SSSR count). The smallest absolute Gasteiger partial charge is 0.125 e. The van der Waals surface area contributed by atoms with Crippen molar-refractivity contribution in [2.24, 2.45) is 0 Å². The summed E-state index contributed by atoms with van der Waals surface area (Å²) in [5, 5.41) is 3.16. The number of benzene rings is 1. The van der Waals surface area contributed by atoms with Gasteiger partial charge in [-0.05, 0) is 31.9 Å². The second kappa shape index (κ2) is 6.37. The highest BCUT2D eigenvalue weighted by molar-refractivity contribution is 7.10. The lowest BCUT2D eigenvalue weighted by Gasteiger charge is -2.29. The molecule has 3 nitrogen and oxygen atoms in total. The van der Waals surface area contributed by atoms with Crippen molar-refractivity contribution < 1.29 is 4.74 Å². The first kappa shape index (κ1) is 15.0. The fraction of sp³-hybridized carbons (Fsp3) is 0.438. The second-order valence-corrected chi connectivity index (χ2v) is 5.65. The molecule has 0 aliphatic carbocycles. The summed E-state index contributed by atoms with van der Waals surface area (Å²) in [6.45, 7) is 7.06. The second-order valence-electron chi connectivity index (χ2n) is 4.79. The summed E-state index contributed by atoms with van der Waals surface area (Å²) in [7, 11) is 0. The van der Waals surface area contributed by atoms with Crippen LogP contribution in [0.25, 0.3) is 11.3 Å². The van der Waals surface area contributed by atoms with E-state index in [2.05, 4.69) is 19.2 Å². The molecule has 0 bridgehead atoms. The number of nitrogen functional groups attached to an aromatic ring is 1. The molecular formula is C16H22N2OS. The molecule has 0 aliphatic heterocycles. The van der Waals surface area contributed by atoms with Crippen LogP contribution in [0, 0.1) is 0 Å². The lowest BCUT2D eigenvalue weighted by Crippen LogP contribution is -2.28. The van der Waals surface area contributed by atoms with Crippen molar-refractivity contribution in [3.05, 3.63) is 34.7 Å². The molecular weight excluding hydrogens is 268 g/mol. The van der Waals surface area contributed by atoms with E-state index >= 15 is 0 Å². The van der Waals surface area contributed by atoms with Gasteiger partial charge in [0.2, 0.25) is 0 Å². The number of rotatable bonds is 6. The zero-order valence-corrected chi connectivity index (χ0v) is 13.2. The van der Waals surface area contributed by atoms with Crippen molar-refractivity contribution in [3.63, 3.8) is 0 Å². The minimum atomic E-state index is -0.245. The third-order valence-corrected chi connectivity index (χ3v) is 4.69. The van der Waals surface area contributed by atoms with Crippen LogP contribution in [0.3, 0.4) is 0 Å². The van der Waals surface area contributed by atoms with Gasteiger partial charge in [0.15, 0.2) is 0 Å². The Labute approximate surface area is 124 Å². The van der Waals surface area contributed by atoms with Gasteiger partial charge in [-0.15, -0.1) is 11.3 Å². The third-order valence-electron chi connectivity index (χ3n) is 3.66. The van der Waals surface area contributed by atoms with E-state index in [1.807, 2.05) is 31.2 Å². The average molecular weight is 290 g/mol. The van der Waals surface area contributed by atoms with E-state index in [9.17, 15) is 0 Å². The van der Waals surface area contributed by atoms with Crippen LogP contribution in [0.1, 0.15) is 38.6 Å². The van der Waals surface area contributed by atoms with Gasteiger partial charge < -0.3 is 10.5 Å². The van der Waals surface area contributed by atoms with Crippen LogP contribution < -0.4 is 5.73 Å². The molecule has 20 heavy (non-hydrogen) atoms. The molecule has 4 heteroatoms. The lowest BCUT2D eigenvalue weighted by molar-refractivity contribution is -0.0505. The molecule has 0 amide bonds. The van der Waals surface area contributed by atoms with E-state index in [0.717, 1.165) is 34.8 Å². The van der Waals surface area contributed by atoms with E-state index in [-0.39, 0.29) is 5.60 Å². The first-order valence-electron chi connectivity index (χ1n) is 7.11. The Morgan fingerprint density at radius 3 is 2.35 bits per heavy atom. The van der Waals surface area contributed by atoms with Gasteiger partial charge in [0.1, 0.15) is 10.6 Å². The zero-order chi connectivity index (χ0) is 14.6. The molecule has 0 radical (unpaired) electrons. The topological polar surface area (TPSA) is 48.1 Å². The van der Waals surface area contributed by atoms with Crippen LogP contribution in [0.5, 0.6) is 0 Å². The maximum atomic E-state index is 6.01. The zero-order valence-electron chi connectivity index (χ0n) is 12.3. The molecule has 0 aliphatic rings. The van der Waals surface area contributed by atoms with Gasteiger partial charge in [-0.2, -0.15) is 0 Å². The molecule has 0 unspecified atom stereocenters. The van der Waals surface area contributed by atoms with Gasteiger partial charge in [0.25, 0.3) is 0 Å². The van der Waals surface area contributed by atoms with Crippen molar-refractivity contribution >= 4 is 17.0 Å². The van der Waals surface area contributed by atoms with Crippen LogP contribution in [0.15, 0.2) is 29.6 Å². The van der Waals surface area contributed by atoms with Crippen molar-refractivity contribution in [1.82, 2.24) is 4.98 Å². The van der Waals surface area contributed by atoms with Gasteiger partial charge in [0.05, 0.1) is 5.69 Å². The molecule has 0 atom stereocenters. The maximum Gasteiger partial charge on any atom is 0.125 e. The highest BCUT2D eigenvalue weighted by Crippen LogP contribution is 2.37. The summed E-state index contributed by atoms with van der Waals surface area (Å²) in [4.78, 5) is 4.80. The fourth-order valence-electron chi connectivity index (χ4n) is 2.36. The number of thiazole rings is 1. The van der Waals surface area contributed by atoms with E-state index in [4.69, 9.17) is 15.5 Å². The molecule has 0 saturated carbocycles. The number of hydrogen-bond donors (Lipinski definition) is 1. The summed E-state index contributed by atoms with van der Waals surface area (Å²) in [5.41, 5.74) is 8.35. The first-order chi connectivity index (χ1) is 9.65. The number of nitrogens with zero attached hydrogens (tertiary/aromatic N) is 1. The van der Waals surface area contributed by atoms with Crippen LogP contribution >= 0.6 is 11.3 Å². The molecule has 1 aromatic heterocycles. The Morgan fingerprint density at radius 1 is 1.15 bits per heavy atom. The third kappa shape index (κ3) is 2.86. The predicted molar refractivity (Wildman–Crippen MR) is 85.8 cm³/mol. The summed E-state index contributed by atoms with van der Waals surface area (Å²) in [5.74, 6) is 0. The van der Waals surface area contributed by atoms with E-state index in [0.29, 0.717) is 6.61 Å². The maximum absolute atomic E-state index is 6.01. The molecule has 108 valence electrons. The highest BCUT2D eigenvalue weighted by Gasteiger charge is 2.32. The van der Waals surface area contributed by atoms with Crippen molar-refractivity contribution in [3.8, 4) is 11.3 Å². The first-order valence-corrected chi connectivity index (χ1v) is 7.99. The summed E-state index contributed by atoms with van der Waals surface area (Å²) in [6, 6.07) is 7.83. The van der Waals surface area contributed by atoms with Crippen molar-refractivity contribution in [2.75, 3.05) is 12.3 Å². The Bertz CT molecular complexity index is 544. The Balaban J connectivity index is 2.33. The normalized spacial score (nSPS) is 11.8. The van der Waals surface area contributed by atoms with E-state index in [1.54, 1.807) is 11.3 Å². The fourth-order valence-corrected chi connectivity index (χ4v) is 3.49. The quantitative estimate of drug-likeness (QED) is 0.800. The number of aromatic nitrogens is 1. The lowest BCUT2D eigenvalue weighted by atomic mass is 9.98. The molecule has 0 fully saturated rings. The minimum Gasteiger partial charge on any atom is -0.399 e. The standard InChI is InChI=1S/C16H22N2OS/c1-4-16(5-2,19-6-3)15-18-14(11-20-15)12-7-9-13(17)10-8-12/h7-11H,4-6,17H2,1-3H3. The van der Waals surface area contributed by atoms with Crippen LogP contribution in [0.2, 0.25) is 0 Å². The number of anilines is 1. The predicted octanol–water partition coefficient (Wildman–Crippen LogP) is 4.44. The van der Waals surface area contributed by atoms with Crippen LogP contribution in [-0.2, 0) is 10.3 Å². The molecule has 1 heterocycles. The minimum absolute atomic E-state index is 0.245. The highest BCUT2D eigenvalue weighted by atomic mass is 32.1. The molecule has 2 N–H and O–H groups in total. The molecule has 2 aromatic rings. The molecule has 1 aromatic carbocycles. The van der Waals surface area contributed by atoms with Gasteiger partial charge in [-0.25, -0.2) is 4.98 Å². The van der Waals surface area contributed by atoms with Crippen molar-refractivity contribution in [1.29, 1.82) is 0 Å².